The highest BCUT2D eigenvalue weighted by Crippen LogP contribution is 2.24. The minimum absolute atomic E-state index is 0.0506. The Morgan fingerprint density at radius 3 is 2.04 bits per heavy atom. The van der Waals surface area contributed by atoms with Crippen molar-refractivity contribution in [3.8, 4) is 0 Å². The third-order valence-corrected chi connectivity index (χ3v) is 4.58. The van der Waals surface area contributed by atoms with Crippen LogP contribution in [0.1, 0.15) is 34.9 Å². The van der Waals surface area contributed by atoms with Gasteiger partial charge in [0.05, 0.1) is 0 Å². The van der Waals surface area contributed by atoms with Crippen LogP contribution in [-0.2, 0) is 4.79 Å². The van der Waals surface area contributed by atoms with Gasteiger partial charge in [0.15, 0.2) is 11.9 Å². The average molecular weight is 323 g/mol. The van der Waals surface area contributed by atoms with E-state index in [4.69, 9.17) is 0 Å². The first kappa shape index (κ1) is 16.4. The van der Waals surface area contributed by atoms with E-state index in [9.17, 15) is 14.7 Å². The second-order valence-electron chi connectivity index (χ2n) is 6.14. The monoisotopic (exact) mass is 323 g/mol. The van der Waals surface area contributed by atoms with Gasteiger partial charge in [-0.15, -0.1) is 0 Å². The van der Waals surface area contributed by atoms with Crippen LogP contribution in [0.25, 0.3) is 0 Å². The first-order chi connectivity index (χ1) is 11.7. The lowest BCUT2D eigenvalue weighted by molar-refractivity contribution is -0.141. The molecule has 2 aromatic rings. The third-order valence-electron chi connectivity index (χ3n) is 4.58. The molecule has 0 aromatic heterocycles. The van der Waals surface area contributed by atoms with Gasteiger partial charge in [0.25, 0.3) is 5.91 Å². The van der Waals surface area contributed by atoms with Crippen molar-refractivity contribution < 1.29 is 14.7 Å². The van der Waals surface area contributed by atoms with E-state index in [1.165, 1.54) is 0 Å². The minimum Gasteiger partial charge on any atom is -0.378 e. The fraction of sp³-hybridized carbons (Fsp3) is 0.300. The van der Waals surface area contributed by atoms with Crippen LogP contribution < -0.4 is 0 Å². The number of rotatable bonds is 4. The van der Waals surface area contributed by atoms with Crippen LogP contribution in [0.5, 0.6) is 0 Å². The molecule has 1 unspecified atom stereocenters. The summed E-state index contributed by atoms with van der Waals surface area (Å²) in [7, 11) is 0. The molecule has 4 heteroatoms. The summed E-state index contributed by atoms with van der Waals surface area (Å²) in [5.41, 5.74) is 1.33. The molecule has 0 aliphatic carbocycles. The topological polar surface area (TPSA) is 57.6 Å². The second-order valence-corrected chi connectivity index (χ2v) is 6.14. The first-order valence-electron chi connectivity index (χ1n) is 8.28. The summed E-state index contributed by atoms with van der Waals surface area (Å²) in [6.07, 6.45) is 0.148. The number of aliphatic hydroxyl groups excluding tert-OH is 1. The summed E-state index contributed by atoms with van der Waals surface area (Å²) in [6.45, 7) is 1.01. The number of carbonyl (C=O) groups excluding carboxylic acids is 2. The van der Waals surface area contributed by atoms with Gasteiger partial charge in [-0.05, 0) is 18.4 Å². The lowest BCUT2D eigenvalue weighted by Crippen LogP contribution is -2.42. The van der Waals surface area contributed by atoms with E-state index in [1.807, 2.05) is 36.4 Å². The number of hydrogen-bond acceptors (Lipinski definition) is 3. The number of likely N-dealkylation sites (tertiary alicyclic amines) is 1. The Morgan fingerprint density at radius 2 is 1.46 bits per heavy atom. The number of piperidine rings is 1. The summed E-state index contributed by atoms with van der Waals surface area (Å²) in [4.78, 5) is 26.6. The van der Waals surface area contributed by atoms with Crippen molar-refractivity contribution in [2.75, 3.05) is 13.1 Å². The van der Waals surface area contributed by atoms with E-state index >= 15 is 0 Å². The number of amides is 1. The molecule has 1 atom stereocenters. The number of hydrogen-bond donors (Lipinski definition) is 1. The van der Waals surface area contributed by atoms with Gasteiger partial charge >= 0.3 is 0 Å². The highest BCUT2D eigenvalue weighted by atomic mass is 16.3. The van der Waals surface area contributed by atoms with Crippen molar-refractivity contribution in [1.82, 2.24) is 4.90 Å². The number of nitrogens with zero attached hydrogens (tertiary/aromatic N) is 1. The Kier molecular flexibility index (Phi) is 5.06. The highest BCUT2D eigenvalue weighted by Gasteiger charge is 2.30. The molecule has 0 bridgehead atoms. The van der Waals surface area contributed by atoms with Crippen molar-refractivity contribution >= 4 is 11.7 Å². The van der Waals surface area contributed by atoms with Crippen LogP contribution in [0.2, 0.25) is 0 Å². The molecule has 0 radical (unpaired) electrons. The molecule has 3 rings (SSSR count). The molecule has 4 nitrogen and oxygen atoms in total. The Morgan fingerprint density at radius 1 is 0.917 bits per heavy atom. The first-order valence-corrected chi connectivity index (χ1v) is 8.28. The van der Waals surface area contributed by atoms with Crippen LogP contribution in [0, 0.1) is 5.92 Å². The molecule has 1 fully saturated rings. The quantitative estimate of drug-likeness (QED) is 0.880. The van der Waals surface area contributed by atoms with Gasteiger partial charge in [0.2, 0.25) is 0 Å². The van der Waals surface area contributed by atoms with E-state index < -0.39 is 6.10 Å². The van der Waals surface area contributed by atoms with Crippen LogP contribution in [0.15, 0.2) is 60.7 Å². The molecule has 1 aliphatic rings. The van der Waals surface area contributed by atoms with Crippen molar-refractivity contribution in [3.05, 3.63) is 71.8 Å². The molecular formula is C20H21NO3. The number of aliphatic hydroxyl groups is 1. The van der Waals surface area contributed by atoms with Gasteiger partial charge in [0, 0.05) is 24.6 Å². The molecule has 1 heterocycles. The Hall–Kier alpha value is -2.46. The fourth-order valence-electron chi connectivity index (χ4n) is 3.15. The fourth-order valence-corrected chi connectivity index (χ4v) is 3.15. The third kappa shape index (κ3) is 3.54. The second kappa shape index (κ2) is 7.41. The molecule has 2 aromatic carbocycles. The smallest absolute Gasteiger partial charge is 0.256 e. The van der Waals surface area contributed by atoms with E-state index in [1.54, 1.807) is 29.2 Å². The van der Waals surface area contributed by atoms with Crippen LogP contribution in [-0.4, -0.2) is 34.8 Å². The largest absolute Gasteiger partial charge is 0.378 e. The normalized spacial score (nSPS) is 16.6. The van der Waals surface area contributed by atoms with Crippen molar-refractivity contribution in [3.63, 3.8) is 0 Å². The number of carbonyl (C=O) groups is 2. The molecule has 1 N–H and O–H groups in total. The van der Waals surface area contributed by atoms with Gasteiger partial charge in [-0.2, -0.15) is 0 Å². The summed E-state index contributed by atoms with van der Waals surface area (Å²) >= 11 is 0. The van der Waals surface area contributed by atoms with E-state index in [-0.39, 0.29) is 17.6 Å². The molecule has 124 valence electrons. The van der Waals surface area contributed by atoms with E-state index in [2.05, 4.69) is 0 Å². The Balaban J connectivity index is 1.59. The summed E-state index contributed by atoms with van der Waals surface area (Å²) in [5.74, 6) is -0.191. The predicted octanol–water partition coefficient (Wildman–Crippen LogP) is 2.84. The van der Waals surface area contributed by atoms with E-state index in [0.717, 1.165) is 5.56 Å². The Bertz CT molecular complexity index is 691. The maximum Gasteiger partial charge on any atom is 0.256 e. The molecule has 1 saturated heterocycles. The maximum atomic E-state index is 12.5. The molecular weight excluding hydrogens is 302 g/mol. The van der Waals surface area contributed by atoms with Crippen LogP contribution in [0.4, 0.5) is 0 Å². The summed E-state index contributed by atoms with van der Waals surface area (Å²) < 4.78 is 0. The van der Waals surface area contributed by atoms with Crippen molar-refractivity contribution in [1.29, 1.82) is 0 Å². The van der Waals surface area contributed by atoms with Gasteiger partial charge in [-0.25, -0.2) is 0 Å². The number of benzene rings is 2. The van der Waals surface area contributed by atoms with Gasteiger partial charge < -0.3 is 10.0 Å². The van der Waals surface area contributed by atoms with Gasteiger partial charge in [0.1, 0.15) is 0 Å². The zero-order valence-corrected chi connectivity index (χ0v) is 13.5. The van der Waals surface area contributed by atoms with Crippen molar-refractivity contribution in [2.45, 2.75) is 18.9 Å². The van der Waals surface area contributed by atoms with Gasteiger partial charge in [-0.3, -0.25) is 9.59 Å². The highest BCUT2D eigenvalue weighted by molar-refractivity contribution is 5.98. The Labute approximate surface area is 141 Å². The lowest BCUT2D eigenvalue weighted by atomic mass is 9.88. The SMILES string of the molecule is O=C(c1ccccc1)C1CCN(C(=O)C(O)c2ccccc2)CC1. The van der Waals surface area contributed by atoms with Gasteiger partial charge in [-0.1, -0.05) is 60.7 Å². The number of ketones is 1. The standard InChI is InChI=1S/C20H21NO3/c22-18(15-7-3-1-4-8-15)17-11-13-21(14-12-17)20(24)19(23)16-9-5-2-6-10-16/h1-10,17,19,23H,11-14H2. The summed E-state index contributed by atoms with van der Waals surface area (Å²) in [5, 5.41) is 10.2. The predicted molar refractivity (Wildman–Crippen MR) is 91.5 cm³/mol. The molecule has 0 spiro atoms. The molecule has 1 aliphatic heterocycles. The summed E-state index contributed by atoms with van der Waals surface area (Å²) in [6, 6.07) is 18.2. The minimum atomic E-state index is -1.13. The van der Waals surface area contributed by atoms with Crippen LogP contribution in [0.3, 0.4) is 0 Å². The molecule has 24 heavy (non-hydrogen) atoms. The van der Waals surface area contributed by atoms with Crippen molar-refractivity contribution in [2.24, 2.45) is 5.92 Å². The zero-order valence-electron chi connectivity index (χ0n) is 13.5. The molecule has 1 amide bonds. The molecule has 0 saturated carbocycles. The van der Waals surface area contributed by atoms with Crippen LogP contribution >= 0.6 is 0 Å². The number of Topliss-reactive ketones (excluding diaryl/α,β-unsaturated/α-hetero) is 1. The maximum absolute atomic E-state index is 12.5. The average Bonchev–Trinajstić information content (AvgIpc) is 2.68. The lowest BCUT2D eigenvalue weighted by Gasteiger charge is -2.32. The van der Waals surface area contributed by atoms with E-state index in [0.29, 0.717) is 31.5 Å². The zero-order chi connectivity index (χ0) is 16.9.